The summed E-state index contributed by atoms with van der Waals surface area (Å²) in [5.41, 5.74) is 3.46. The normalized spacial score (nSPS) is 10.5. The minimum atomic E-state index is -0.0629. The molecular weight excluding hydrogens is 306 g/mol. The average Bonchev–Trinajstić information content (AvgIpc) is 2.85. The van der Waals surface area contributed by atoms with E-state index < -0.39 is 0 Å². The van der Waals surface area contributed by atoms with Crippen LogP contribution in [0.3, 0.4) is 0 Å². The third-order valence-electron chi connectivity index (χ3n) is 3.88. The smallest absolute Gasteiger partial charge is 0.226 e. The van der Waals surface area contributed by atoms with E-state index in [9.17, 15) is 9.59 Å². The maximum atomic E-state index is 12.1. The van der Waals surface area contributed by atoms with Gasteiger partial charge in [0.15, 0.2) is 0 Å². The Morgan fingerprint density at radius 2 is 1.83 bits per heavy atom. The Morgan fingerprint density at radius 3 is 2.38 bits per heavy atom. The third kappa shape index (κ3) is 4.68. The van der Waals surface area contributed by atoms with Gasteiger partial charge in [-0.3, -0.25) is 9.59 Å². The summed E-state index contributed by atoms with van der Waals surface area (Å²) in [5, 5.41) is 6.75. The highest BCUT2D eigenvalue weighted by Crippen LogP contribution is 2.15. The maximum Gasteiger partial charge on any atom is 0.226 e. The van der Waals surface area contributed by atoms with Gasteiger partial charge in [-0.2, -0.15) is 0 Å². The average molecular weight is 329 g/mol. The first-order valence-corrected chi connectivity index (χ1v) is 7.87. The summed E-state index contributed by atoms with van der Waals surface area (Å²) in [7, 11) is 3.46. The largest absolute Gasteiger partial charge is 0.361 e. The van der Waals surface area contributed by atoms with E-state index >= 15 is 0 Å². The minimum Gasteiger partial charge on any atom is -0.361 e. The second-order valence-corrected chi connectivity index (χ2v) is 6.01. The molecule has 2 aromatic rings. The Kier molecular flexibility index (Phi) is 5.73. The molecule has 1 N–H and O–H groups in total. The molecule has 0 spiro atoms. The lowest BCUT2D eigenvalue weighted by Gasteiger charge is -2.10. The molecule has 24 heavy (non-hydrogen) atoms. The SMILES string of the molecule is Cc1noc(C)c1CCC(=O)Nc1ccc(CC(=O)N(C)C)cc1. The highest BCUT2D eigenvalue weighted by atomic mass is 16.5. The van der Waals surface area contributed by atoms with Crippen molar-refractivity contribution in [1.29, 1.82) is 0 Å². The van der Waals surface area contributed by atoms with Gasteiger partial charge in [-0.1, -0.05) is 17.3 Å². The van der Waals surface area contributed by atoms with Crippen LogP contribution in [-0.4, -0.2) is 36.0 Å². The first-order valence-electron chi connectivity index (χ1n) is 7.87. The van der Waals surface area contributed by atoms with Gasteiger partial charge >= 0.3 is 0 Å². The number of rotatable bonds is 6. The monoisotopic (exact) mass is 329 g/mol. The summed E-state index contributed by atoms with van der Waals surface area (Å²) < 4.78 is 5.09. The van der Waals surface area contributed by atoms with E-state index in [1.165, 1.54) is 0 Å². The highest BCUT2D eigenvalue weighted by molar-refractivity contribution is 5.91. The molecule has 0 saturated carbocycles. The molecule has 2 rings (SSSR count). The Balaban J connectivity index is 1.87. The standard InChI is InChI=1S/C18H23N3O3/c1-12-16(13(2)24-20-12)9-10-17(22)19-15-7-5-14(6-8-15)11-18(23)21(3)4/h5-8H,9-11H2,1-4H3,(H,19,22). The summed E-state index contributed by atoms with van der Waals surface area (Å²) in [4.78, 5) is 25.3. The number of aromatic nitrogens is 1. The molecule has 0 unspecified atom stereocenters. The van der Waals surface area contributed by atoms with Crippen LogP contribution in [0.25, 0.3) is 0 Å². The number of hydrogen-bond acceptors (Lipinski definition) is 4. The van der Waals surface area contributed by atoms with Crippen LogP contribution in [0.1, 0.15) is 29.0 Å². The molecule has 128 valence electrons. The van der Waals surface area contributed by atoms with Crippen molar-refractivity contribution < 1.29 is 14.1 Å². The first kappa shape index (κ1) is 17.7. The molecule has 0 aliphatic heterocycles. The molecule has 6 heteroatoms. The summed E-state index contributed by atoms with van der Waals surface area (Å²) >= 11 is 0. The molecule has 0 aliphatic rings. The van der Waals surface area contributed by atoms with E-state index in [1.54, 1.807) is 19.0 Å². The molecule has 6 nitrogen and oxygen atoms in total. The van der Waals surface area contributed by atoms with Gasteiger partial charge < -0.3 is 14.7 Å². The number of anilines is 1. The van der Waals surface area contributed by atoms with Crippen LogP contribution in [0.15, 0.2) is 28.8 Å². The number of aryl methyl sites for hydroxylation is 2. The molecule has 0 aliphatic carbocycles. The lowest BCUT2D eigenvalue weighted by atomic mass is 10.1. The third-order valence-corrected chi connectivity index (χ3v) is 3.88. The van der Waals surface area contributed by atoms with Gasteiger partial charge in [0.1, 0.15) is 5.76 Å². The molecule has 1 aromatic carbocycles. The Bertz CT molecular complexity index is 698. The van der Waals surface area contributed by atoms with Gasteiger partial charge in [-0.25, -0.2) is 0 Å². The van der Waals surface area contributed by atoms with E-state index in [-0.39, 0.29) is 11.8 Å². The van der Waals surface area contributed by atoms with Crippen molar-refractivity contribution in [3.8, 4) is 0 Å². The molecule has 2 amide bonds. The van der Waals surface area contributed by atoms with Crippen molar-refractivity contribution in [2.45, 2.75) is 33.1 Å². The molecule has 0 radical (unpaired) electrons. The van der Waals surface area contributed by atoms with Crippen molar-refractivity contribution in [3.05, 3.63) is 46.8 Å². The Labute approximate surface area is 141 Å². The number of nitrogens with zero attached hydrogens (tertiary/aromatic N) is 2. The summed E-state index contributed by atoms with van der Waals surface area (Å²) in [6, 6.07) is 7.33. The van der Waals surface area contributed by atoms with Crippen molar-refractivity contribution in [2.24, 2.45) is 0 Å². The van der Waals surface area contributed by atoms with Crippen molar-refractivity contribution >= 4 is 17.5 Å². The van der Waals surface area contributed by atoms with Crippen LogP contribution in [-0.2, 0) is 22.4 Å². The van der Waals surface area contributed by atoms with Crippen LogP contribution in [0.2, 0.25) is 0 Å². The molecule has 0 fully saturated rings. The van der Waals surface area contributed by atoms with Crippen LogP contribution >= 0.6 is 0 Å². The summed E-state index contributed by atoms with van der Waals surface area (Å²) in [6.45, 7) is 3.72. The highest BCUT2D eigenvalue weighted by Gasteiger charge is 2.11. The lowest BCUT2D eigenvalue weighted by molar-refractivity contribution is -0.128. The Hall–Kier alpha value is -2.63. The number of carbonyl (C=O) groups is 2. The quantitative estimate of drug-likeness (QED) is 0.883. The number of nitrogens with one attached hydrogen (secondary N) is 1. The van der Waals surface area contributed by atoms with Gasteiger partial charge in [-0.05, 0) is 38.0 Å². The van der Waals surface area contributed by atoms with E-state index in [4.69, 9.17) is 4.52 Å². The van der Waals surface area contributed by atoms with E-state index in [2.05, 4.69) is 10.5 Å². The predicted molar refractivity (Wildman–Crippen MR) is 91.8 cm³/mol. The van der Waals surface area contributed by atoms with Gasteiger partial charge in [0.05, 0.1) is 12.1 Å². The van der Waals surface area contributed by atoms with Crippen LogP contribution in [0.5, 0.6) is 0 Å². The van der Waals surface area contributed by atoms with Crippen molar-refractivity contribution in [3.63, 3.8) is 0 Å². The number of carbonyl (C=O) groups excluding carboxylic acids is 2. The topological polar surface area (TPSA) is 75.4 Å². The molecule has 1 aromatic heterocycles. The molecule has 0 bridgehead atoms. The zero-order chi connectivity index (χ0) is 17.7. The molecule has 1 heterocycles. The van der Waals surface area contributed by atoms with Crippen molar-refractivity contribution in [1.82, 2.24) is 10.1 Å². The lowest BCUT2D eigenvalue weighted by Crippen LogP contribution is -2.23. The van der Waals surface area contributed by atoms with Crippen LogP contribution in [0, 0.1) is 13.8 Å². The number of amides is 2. The Morgan fingerprint density at radius 1 is 1.17 bits per heavy atom. The van der Waals surface area contributed by atoms with E-state index in [1.807, 2.05) is 38.1 Å². The second-order valence-electron chi connectivity index (χ2n) is 6.01. The van der Waals surface area contributed by atoms with Crippen LogP contribution < -0.4 is 5.32 Å². The number of likely N-dealkylation sites (N-methyl/N-ethyl adjacent to an activating group) is 1. The van der Waals surface area contributed by atoms with E-state index in [0.29, 0.717) is 19.3 Å². The second kappa shape index (κ2) is 7.77. The fourth-order valence-electron chi connectivity index (χ4n) is 2.36. The zero-order valence-corrected chi connectivity index (χ0v) is 14.5. The van der Waals surface area contributed by atoms with Gasteiger partial charge in [0.25, 0.3) is 0 Å². The summed E-state index contributed by atoms with van der Waals surface area (Å²) in [5.74, 6) is 0.744. The van der Waals surface area contributed by atoms with Crippen molar-refractivity contribution in [2.75, 3.05) is 19.4 Å². The predicted octanol–water partition coefficient (Wildman–Crippen LogP) is 2.49. The minimum absolute atomic E-state index is 0.0475. The molecule has 0 saturated heterocycles. The number of hydrogen-bond donors (Lipinski definition) is 1. The maximum absolute atomic E-state index is 12.1. The van der Waals surface area contributed by atoms with Gasteiger partial charge in [-0.15, -0.1) is 0 Å². The first-order chi connectivity index (χ1) is 11.4. The molecular formula is C18H23N3O3. The van der Waals surface area contributed by atoms with E-state index in [0.717, 1.165) is 28.3 Å². The fraction of sp³-hybridized carbons (Fsp3) is 0.389. The fourth-order valence-corrected chi connectivity index (χ4v) is 2.36. The summed E-state index contributed by atoms with van der Waals surface area (Å²) in [6.07, 6.45) is 1.32. The van der Waals surface area contributed by atoms with Gasteiger partial charge in [0, 0.05) is 31.8 Å². The van der Waals surface area contributed by atoms with Gasteiger partial charge in [0.2, 0.25) is 11.8 Å². The van der Waals surface area contributed by atoms with Crippen LogP contribution in [0.4, 0.5) is 5.69 Å². The zero-order valence-electron chi connectivity index (χ0n) is 14.5. The molecule has 0 atom stereocenters. The number of benzene rings is 1.